The Morgan fingerprint density at radius 3 is 2.20 bits per heavy atom. The van der Waals surface area contributed by atoms with Crippen LogP contribution in [-0.2, 0) is 14.7 Å². The van der Waals surface area contributed by atoms with Gasteiger partial charge >= 0.3 is 42.6 Å². The van der Waals surface area contributed by atoms with Crippen molar-refractivity contribution in [1.29, 1.82) is 0 Å². The summed E-state index contributed by atoms with van der Waals surface area (Å²) in [7, 11) is 14.9. The molecule has 2 aromatic carbocycles. The first-order chi connectivity index (χ1) is 7.02. The van der Waals surface area contributed by atoms with Crippen LogP contribution in [0.2, 0.25) is 0 Å². The summed E-state index contributed by atoms with van der Waals surface area (Å²) in [5.41, 5.74) is 2.81. The molecule has 0 N–H and O–H groups in total. The molecule has 0 aliphatic rings. The summed E-state index contributed by atoms with van der Waals surface area (Å²) in [6.07, 6.45) is 0. The number of hydrogen-bond donors (Lipinski definition) is 0. The average Bonchev–Trinajstić information content (AvgIpc) is 2.43. The molecule has 0 fully saturated rings. The molecular weight excluding hydrogens is 286 g/mol. The van der Waals surface area contributed by atoms with Crippen LogP contribution in [0, 0.1) is 13.8 Å². The Labute approximate surface area is 108 Å². The first kappa shape index (κ1) is 13.5. The molecule has 0 bridgehead atoms. The zero-order chi connectivity index (χ0) is 11.4. The van der Waals surface area contributed by atoms with E-state index in [1.165, 1.54) is 21.9 Å². The molecule has 0 saturated carbocycles. The van der Waals surface area contributed by atoms with Crippen LogP contribution < -0.4 is 0 Å². The van der Waals surface area contributed by atoms with E-state index in [0.29, 0.717) is 0 Å². The van der Waals surface area contributed by atoms with Crippen LogP contribution >= 0.6 is 27.9 Å². The molecule has 0 aliphatic carbocycles. The van der Waals surface area contributed by atoms with Gasteiger partial charge in [0.25, 0.3) is 0 Å². The topological polar surface area (TPSA) is 0 Å². The van der Waals surface area contributed by atoms with Crippen molar-refractivity contribution >= 4 is 38.7 Å². The summed E-state index contributed by atoms with van der Waals surface area (Å²) < 4.78 is 0. The van der Waals surface area contributed by atoms with E-state index in [0.717, 1.165) is 0 Å². The van der Waals surface area contributed by atoms with E-state index in [-0.39, 0.29) is 0 Å². The molecule has 2 rings (SSSR count). The van der Waals surface area contributed by atoms with Crippen LogP contribution in [0.1, 0.15) is 11.1 Å². The zero-order valence-electron chi connectivity index (χ0n) is 8.52. The Hall–Kier alpha value is 0.414. The standard InChI is InChI=1S/C11H11.3ClH.Ti/c1-8-7-10-5-3-4-6-11(10)9(8)2;;;;/h3-7H,1-2H3;3*1H;/q-1;;;;+4/p-3. The van der Waals surface area contributed by atoms with Crippen LogP contribution in [0.15, 0.2) is 30.3 Å². The zero-order valence-corrected chi connectivity index (χ0v) is 12.3. The Balaban J connectivity index is 0.000000245. The fourth-order valence-electron chi connectivity index (χ4n) is 1.52. The summed E-state index contributed by atoms with van der Waals surface area (Å²) in [5.74, 6) is 0. The van der Waals surface area contributed by atoms with Gasteiger partial charge in [0.2, 0.25) is 0 Å². The second-order valence-electron chi connectivity index (χ2n) is 3.25. The predicted octanol–water partition coefficient (Wildman–Crippen LogP) is 5.24. The fourth-order valence-corrected chi connectivity index (χ4v) is 1.52. The van der Waals surface area contributed by atoms with Gasteiger partial charge in [-0.25, -0.2) is 0 Å². The van der Waals surface area contributed by atoms with Crippen LogP contribution in [0.4, 0.5) is 0 Å². The molecule has 0 atom stereocenters. The van der Waals surface area contributed by atoms with Crippen molar-refractivity contribution in [2.75, 3.05) is 0 Å². The summed E-state index contributed by atoms with van der Waals surface area (Å²) in [4.78, 5) is 0. The van der Waals surface area contributed by atoms with Gasteiger partial charge in [0, 0.05) is 0 Å². The van der Waals surface area contributed by atoms with Crippen molar-refractivity contribution < 1.29 is 14.7 Å². The normalized spacial score (nSPS) is 9.67. The van der Waals surface area contributed by atoms with E-state index >= 15 is 0 Å². The van der Waals surface area contributed by atoms with E-state index in [4.69, 9.17) is 27.9 Å². The number of halogens is 3. The molecular formula is C11H11Cl3Ti. The molecule has 4 heteroatoms. The van der Waals surface area contributed by atoms with Gasteiger partial charge in [0.05, 0.1) is 0 Å². The molecule has 0 aromatic heterocycles. The van der Waals surface area contributed by atoms with E-state index < -0.39 is 14.7 Å². The number of fused-ring (bicyclic) bond motifs is 1. The molecule has 0 heterocycles. The molecule has 80 valence electrons. The molecule has 0 radical (unpaired) electrons. The summed E-state index contributed by atoms with van der Waals surface area (Å²) in [6, 6.07) is 10.8. The second-order valence-corrected chi connectivity index (χ2v) is 11.0. The van der Waals surface area contributed by atoms with Crippen molar-refractivity contribution in [2.45, 2.75) is 13.8 Å². The van der Waals surface area contributed by atoms with Gasteiger partial charge in [-0.15, -0.1) is 40.1 Å². The Kier molecular flexibility index (Phi) is 5.59. The molecule has 0 nitrogen and oxygen atoms in total. The Bertz CT molecular complexity index is 432. The molecule has 0 spiro atoms. The van der Waals surface area contributed by atoms with Crippen molar-refractivity contribution in [1.82, 2.24) is 0 Å². The summed E-state index contributed by atoms with van der Waals surface area (Å²) in [5, 5.41) is 2.76. The van der Waals surface area contributed by atoms with Crippen molar-refractivity contribution in [2.24, 2.45) is 0 Å². The van der Waals surface area contributed by atoms with E-state index in [9.17, 15) is 0 Å². The minimum absolute atomic E-state index is 1.36. The molecule has 0 amide bonds. The Morgan fingerprint density at radius 1 is 1.13 bits per heavy atom. The van der Waals surface area contributed by atoms with Crippen molar-refractivity contribution in [3.8, 4) is 0 Å². The summed E-state index contributed by atoms with van der Waals surface area (Å²) >= 11 is -1.92. The molecule has 0 unspecified atom stereocenters. The molecule has 15 heavy (non-hydrogen) atoms. The maximum atomic E-state index is 4.97. The number of hydrogen-bond acceptors (Lipinski definition) is 0. The van der Waals surface area contributed by atoms with E-state index in [1.54, 1.807) is 0 Å². The molecule has 2 aromatic rings. The average molecular weight is 297 g/mol. The van der Waals surface area contributed by atoms with Crippen LogP contribution in [0.3, 0.4) is 0 Å². The van der Waals surface area contributed by atoms with Gasteiger partial charge in [-0.2, -0.15) is 6.07 Å². The number of aryl methyl sites for hydroxylation is 2. The number of rotatable bonds is 0. The van der Waals surface area contributed by atoms with E-state index in [1.807, 2.05) is 0 Å². The molecule has 0 aliphatic heterocycles. The third kappa shape index (κ3) is 4.05. The van der Waals surface area contributed by atoms with Crippen LogP contribution in [0.5, 0.6) is 0 Å². The fraction of sp³-hybridized carbons (Fsp3) is 0.182. The first-order valence-corrected chi connectivity index (χ1v) is 10.9. The molecule has 0 saturated heterocycles. The third-order valence-corrected chi connectivity index (χ3v) is 2.33. The van der Waals surface area contributed by atoms with Crippen LogP contribution in [0.25, 0.3) is 10.8 Å². The minimum atomic E-state index is -1.92. The monoisotopic (exact) mass is 296 g/mol. The van der Waals surface area contributed by atoms with Gasteiger partial charge in [-0.1, -0.05) is 19.9 Å². The van der Waals surface area contributed by atoms with Gasteiger partial charge in [-0.05, 0) is 0 Å². The van der Waals surface area contributed by atoms with Crippen molar-refractivity contribution in [3.63, 3.8) is 0 Å². The quantitative estimate of drug-likeness (QED) is 0.461. The predicted molar refractivity (Wildman–Crippen MR) is 66.6 cm³/mol. The summed E-state index contributed by atoms with van der Waals surface area (Å²) in [6.45, 7) is 4.34. The third-order valence-electron chi connectivity index (χ3n) is 2.33. The number of benzene rings is 1. The van der Waals surface area contributed by atoms with Gasteiger partial charge in [0.15, 0.2) is 0 Å². The van der Waals surface area contributed by atoms with Crippen LogP contribution in [-0.4, -0.2) is 0 Å². The first-order valence-electron chi connectivity index (χ1n) is 4.47. The van der Waals surface area contributed by atoms with Gasteiger partial charge in [-0.3, -0.25) is 0 Å². The van der Waals surface area contributed by atoms with E-state index in [2.05, 4.69) is 44.2 Å². The van der Waals surface area contributed by atoms with Gasteiger partial charge in [0.1, 0.15) is 0 Å². The maximum absolute atomic E-state index is 4.97. The Morgan fingerprint density at radius 2 is 1.67 bits per heavy atom. The SMILES string of the molecule is Cc1cc2ccccc2[c-]1C.[Cl][Ti+]([Cl])[Cl]. The second kappa shape index (κ2) is 6.22. The van der Waals surface area contributed by atoms with Crippen molar-refractivity contribution in [3.05, 3.63) is 41.5 Å². The van der Waals surface area contributed by atoms with Gasteiger partial charge < -0.3 is 0 Å².